The molecule has 9 heteroatoms. The van der Waals surface area contributed by atoms with Crippen LogP contribution in [0.1, 0.15) is 30.4 Å². The standard InChI is InChI=1S/C26H33N5O4/c27-13-7-6-12-22(30-24(32)20(28)14-17-8-2-1-3-9-17)25(33)31-23(26(34)35)15-18-16-29-21-11-5-4-10-19(18)21/h1-5,8-11,16,20,22-23,29H,6-7,12-15,27-28H2,(H,30,32)(H,31,33)(H,34,35). The van der Waals surface area contributed by atoms with E-state index in [1.165, 1.54) is 0 Å². The summed E-state index contributed by atoms with van der Waals surface area (Å²) in [5, 5.41) is 16.0. The summed E-state index contributed by atoms with van der Waals surface area (Å²) in [6.45, 7) is 0.453. The van der Waals surface area contributed by atoms with Crippen LogP contribution in [0.2, 0.25) is 0 Å². The van der Waals surface area contributed by atoms with Crippen molar-refractivity contribution in [1.29, 1.82) is 0 Å². The number of carbonyl (C=O) groups is 3. The molecule has 186 valence electrons. The molecule has 0 radical (unpaired) electrons. The van der Waals surface area contributed by atoms with Crippen LogP contribution in [0, 0.1) is 0 Å². The van der Waals surface area contributed by atoms with Crippen LogP contribution in [0.5, 0.6) is 0 Å². The summed E-state index contributed by atoms with van der Waals surface area (Å²) in [6, 6.07) is 14.0. The number of hydrogen-bond donors (Lipinski definition) is 6. The van der Waals surface area contributed by atoms with Crippen molar-refractivity contribution in [1.82, 2.24) is 15.6 Å². The van der Waals surface area contributed by atoms with E-state index in [1.54, 1.807) is 6.20 Å². The van der Waals surface area contributed by atoms with Gasteiger partial charge >= 0.3 is 5.97 Å². The van der Waals surface area contributed by atoms with Gasteiger partial charge in [0.2, 0.25) is 11.8 Å². The monoisotopic (exact) mass is 479 g/mol. The number of aromatic amines is 1. The number of aromatic nitrogens is 1. The first-order chi connectivity index (χ1) is 16.9. The maximum absolute atomic E-state index is 13.1. The number of carboxylic acid groups (broad SMARTS) is 1. The second-order valence-electron chi connectivity index (χ2n) is 8.60. The van der Waals surface area contributed by atoms with Crippen molar-refractivity contribution >= 4 is 28.7 Å². The number of aliphatic carboxylic acids is 1. The van der Waals surface area contributed by atoms with E-state index in [9.17, 15) is 19.5 Å². The zero-order valence-corrected chi connectivity index (χ0v) is 19.6. The van der Waals surface area contributed by atoms with Crippen LogP contribution in [0.15, 0.2) is 60.8 Å². The molecule has 2 aromatic carbocycles. The number of carbonyl (C=O) groups excluding carboxylic acids is 2. The number of H-pyrrole nitrogens is 1. The number of para-hydroxylation sites is 1. The number of fused-ring (bicyclic) bond motifs is 1. The molecule has 1 aromatic heterocycles. The van der Waals surface area contributed by atoms with E-state index >= 15 is 0 Å². The van der Waals surface area contributed by atoms with E-state index in [-0.39, 0.29) is 6.42 Å². The van der Waals surface area contributed by atoms with Gasteiger partial charge in [-0.3, -0.25) is 9.59 Å². The third-order valence-electron chi connectivity index (χ3n) is 5.93. The molecule has 3 atom stereocenters. The smallest absolute Gasteiger partial charge is 0.326 e. The van der Waals surface area contributed by atoms with Gasteiger partial charge in [-0.25, -0.2) is 4.79 Å². The summed E-state index contributed by atoms with van der Waals surface area (Å²) in [7, 11) is 0. The summed E-state index contributed by atoms with van der Waals surface area (Å²) in [6.07, 6.45) is 3.77. The van der Waals surface area contributed by atoms with Crippen molar-refractivity contribution in [3.63, 3.8) is 0 Å². The predicted molar refractivity (Wildman–Crippen MR) is 135 cm³/mol. The lowest BCUT2D eigenvalue weighted by molar-refractivity contribution is -0.142. The molecular weight excluding hydrogens is 446 g/mol. The Morgan fingerprint density at radius 2 is 1.57 bits per heavy atom. The molecule has 9 nitrogen and oxygen atoms in total. The SMILES string of the molecule is NCCCCC(NC(=O)C(N)Cc1ccccc1)C(=O)NC(Cc1c[nH]c2ccccc12)C(=O)O. The van der Waals surface area contributed by atoms with Crippen molar-refractivity contribution in [2.45, 2.75) is 50.2 Å². The number of hydrogen-bond acceptors (Lipinski definition) is 5. The molecule has 0 saturated heterocycles. The number of carboxylic acids is 1. The maximum atomic E-state index is 13.1. The molecule has 0 fully saturated rings. The number of nitrogens with two attached hydrogens (primary N) is 2. The molecule has 3 unspecified atom stereocenters. The molecule has 0 aliphatic carbocycles. The molecule has 3 rings (SSSR count). The fraction of sp³-hybridized carbons (Fsp3) is 0.346. The number of benzene rings is 2. The van der Waals surface area contributed by atoms with Gasteiger partial charge in [0, 0.05) is 23.5 Å². The van der Waals surface area contributed by atoms with Crippen molar-refractivity contribution in [2.75, 3.05) is 6.54 Å². The number of rotatable bonds is 13. The van der Waals surface area contributed by atoms with Gasteiger partial charge in [0.05, 0.1) is 6.04 Å². The van der Waals surface area contributed by atoms with Crippen LogP contribution in [-0.2, 0) is 27.2 Å². The van der Waals surface area contributed by atoms with E-state index in [0.29, 0.717) is 32.2 Å². The van der Waals surface area contributed by atoms with Crippen LogP contribution in [0.3, 0.4) is 0 Å². The van der Waals surface area contributed by atoms with Gasteiger partial charge in [-0.2, -0.15) is 0 Å². The molecule has 0 spiro atoms. The van der Waals surface area contributed by atoms with Gasteiger partial charge in [0.25, 0.3) is 0 Å². The summed E-state index contributed by atoms with van der Waals surface area (Å²) >= 11 is 0. The molecule has 0 aliphatic heterocycles. The summed E-state index contributed by atoms with van der Waals surface area (Å²) in [5.41, 5.74) is 14.2. The fourth-order valence-electron chi connectivity index (χ4n) is 3.99. The Kier molecular flexibility index (Phi) is 9.39. The molecule has 3 aromatic rings. The first-order valence-electron chi connectivity index (χ1n) is 11.8. The zero-order valence-electron chi connectivity index (χ0n) is 19.6. The maximum Gasteiger partial charge on any atom is 0.326 e. The van der Waals surface area contributed by atoms with Gasteiger partial charge in [-0.05, 0) is 49.4 Å². The average molecular weight is 480 g/mol. The lowest BCUT2D eigenvalue weighted by atomic mass is 10.0. The van der Waals surface area contributed by atoms with Gasteiger partial charge in [0.15, 0.2) is 0 Å². The van der Waals surface area contributed by atoms with E-state index in [4.69, 9.17) is 11.5 Å². The van der Waals surface area contributed by atoms with Crippen LogP contribution in [0.25, 0.3) is 10.9 Å². The van der Waals surface area contributed by atoms with Crippen molar-refractivity contribution in [3.8, 4) is 0 Å². The summed E-state index contributed by atoms with van der Waals surface area (Å²) < 4.78 is 0. The Balaban J connectivity index is 1.68. The van der Waals surface area contributed by atoms with Crippen molar-refractivity contribution in [2.24, 2.45) is 11.5 Å². The third kappa shape index (κ3) is 7.40. The predicted octanol–water partition coefficient (Wildman–Crippen LogP) is 1.46. The van der Waals surface area contributed by atoms with Crippen LogP contribution in [0.4, 0.5) is 0 Å². The van der Waals surface area contributed by atoms with E-state index in [2.05, 4.69) is 15.6 Å². The highest BCUT2D eigenvalue weighted by molar-refractivity contribution is 5.92. The summed E-state index contributed by atoms with van der Waals surface area (Å²) in [5.74, 6) is -2.18. The Labute approximate surface area is 204 Å². The number of nitrogens with one attached hydrogen (secondary N) is 3. The molecule has 0 saturated carbocycles. The Morgan fingerprint density at radius 3 is 2.29 bits per heavy atom. The Bertz CT molecular complexity index is 1130. The molecule has 2 amide bonds. The third-order valence-corrected chi connectivity index (χ3v) is 5.93. The highest BCUT2D eigenvalue weighted by atomic mass is 16.4. The Morgan fingerprint density at radius 1 is 0.886 bits per heavy atom. The minimum atomic E-state index is -1.16. The van der Waals surface area contributed by atoms with Crippen LogP contribution in [-0.4, -0.2) is 52.5 Å². The highest BCUT2D eigenvalue weighted by Crippen LogP contribution is 2.19. The van der Waals surface area contributed by atoms with Gasteiger partial charge in [-0.15, -0.1) is 0 Å². The molecule has 35 heavy (non-hydrogen) atoms. The molecule has 0 aliphatic rings. The summed E-state index contributed by atoms with van der Waals surface area (Å²) in [4.78, 5) is 40.9. The quantitative estimate of drug-likeness (QED) is 0.203. The minimum Gasteiger partial charge on any atom is -0.480 e. The van der Waals surface area contributed by atoms with Crippen molar-refractivity contribution in [3.05, 3.63) is 71.9 Å². The van der Waals surface area contributed by atoms with Crippen molar-refractivity contribution < 1.29 is 19.5 Å². The molecule has 8 N–H and O–H groups in total. The fourth-order valence-corrected chi connectivity index (χ4v) is 3.99. The van der Waals surface area contributed by atoms with E-state index < -0.39 is 35.9 Å². The lowest BCUT2D eigenvalue weighted by Gasteiger charge is -2.23. The Hall–Kier alpha value is -3.69. The highest BCUT2D eigenvalue weighted by Gasteiger charge is 2.28. The second-order valence-corrected chi connectivity index (χ2v) is 8.60. The average Bonchev–Trinajstić information content (AvgIpc) is 3.26. The largest absolute Gasteiger partial charge is 0.480 e. The van der Waals surface area contributed by atoms with E-state index in [1.807, 2.05) is 54.6 Å². The number of unbranched alkanes of at least 4 members (excludes halogenated alkanes) is 1. The first kappa shape index (κ1) is 25.9. The first-order valence-corrected chi connectivity index (χ1v) is 11.8. The van der Waals surface area contributed by atoms with Crippen LogP contribution >= 0.6 is 0 Å². The molecular formula is C26H33N5O4. The van der Waals surface area contributed by atoms with Gasteiger partial charge < -0.3 is 32.2 Å². The minimum absolute atomic E-state index is 0.0993. The lowest BCUT2D eigenvalue weighted by Crippen LogP contribution is -2.55. The van der Waals surface area contributed by atoms with Crippen LogP contribution < -0.4 is 22.1 Å². The van der Waals surface area contributed by atoms with Gasteiger partial charge in [-0.1, -0.05) is 48.5 Å². The van der Waals surface area contributed by atoms with Gasteiger partial charge in [0.1, 0.15) is 12.1 Å². The molecule has 0 bridgehead atoms. The topological polar surface area (TPSA) is 163 Å². The number of amides is 2. The molecule has 1 heterocycles. The second kappa shape index (κ2) is 12.7. The van der Waals surface area contributed by atoms with E-state index in [0.717, 1.165) is 22.0 Å². The zero-order chi connectivity index (χ0) is 25.2. The normalized spacial score (nSPS) is 13.7.